The van der Waals surface area contributed by atoms with Crippen LogP contribution in [0.1, 0.15) is 90.5 Å². The molecule has 46 heavy (non-hydrogen) atoms. The maximum absolute atomic E-state index is 14.5. The molecule has 0 heterocycles. The molecule has 0 aliphatic rings. The Morgan fingerprint density at radius 3 is 2.02 bits per heavy atom. The number of hydrogen-bond acceptors (Lipinski definition) is 7. The molecule has 0 aromatic heterocycles. The average Bonchev–Trinajstić information content (AvgIpc) is 2.96. The Morgan fingerprint density at radius 1 is 0.848 bits per heavy atom. The third-order valence-electron chi connectivity index (χ3n) is 6.97. The van der Waals surface area contributed by atoms with Crippen LogP contribution in [-0.2, 0) is 30.3 Å². The van der Waals surface area contributed by atoms with Gasteiger partial charge in [-0.1, -0.05) is 67.9 Å². The maximum Gasteiger partial charge on any atom is 0.408 e. The summed E-state index contributed by atoms with van der Waals surface area (Å²) >= 11 is 1.55. The summed E-state index contributed by atoms with van der Waals surface area (Å²) in [6.07, 6.45) is 3.18. The Hall–Kier alpha value is -3.53. The minimum Gasteiger partial charge on any atom is -0.458 e. The minimum atomic E-state index is -1.07. The van der Waals surface area contributed by atoms with Crippen molar-refractivity contribution in [2.24, 2.45) is 0 Å². The van der Waals surface area contributed by atoms with Crippen LogP contribution in [0, 0.1) is 6.92 Å². The van der Waals surface area contributed by atoms with Gasteiger partial charge in [-0.25, -0.2) is 9.59 Å². The standard InChI is InChI=1S/C36H53N3O6S/c1-10-11-22-39(32(41)28(21-23-46-9)38-34(43)45-36(6,7)8)30(27-20-16-15-17-25(27)2)31(40)37-29(33(42)44-35(3,4)5)24-26-18-13-12-14-19-26/h12-20,28-30H,10-11,21-24H2,1-9H3,(H,37,40)(H,38,43). The molecule has 3 atom stereocenters. The van der Waals surface area contributed by atoms with E-state index in [-0.39, 0.29) is 13.0 Å². The predicted octanol–water partition coefficient (Wildman–Crippen LogP) is 6.38. The van der Waals surface area contributed by atoms with E-state index < -0.39 is 53.2 Å². The molecule has 3 amide bonds. The molecule has 254 valence electrons. The number of aryl methyl sites for hydroxylation is 1. The van der Waals surface area contributed by atoms with Crippen LogP contribution < -0.4 is 10.6 Å². The van der Waals surface area contributed by atoms with Crippen molar-refractivity contribution in [3.8, 4) is 0 Å². The van der Waals surface area contributed by atoms with E-state index in [2.05, 4.69) is 10.6 Å². The van der Waals surface area contributed by atoms with Crippen LogP contribution in [0.2, 0.25) is 0 Å². The van der Waals surface area contributed by atoms with Crippen molar-refractivity contribution in [2.75, 3.05) is 18.6 Å². The smallest absolute Gasteiger partial charge is 0.408 e. The van der Waals surface area contributed by atoms with Crippen molar-refractivity contribution in [3.05, 3.63) is 71.3 Å². The Balaban J connectivity index is 2.60. The first-order chi connectivity index (χ1) is 21.6. The topological polar surface area (TPSA) is 114 Å². The lowest BCUT2D eigenvalue weighted by atomic mass is 9.96. The molecule has 0 spiro atoms. The molecule has 0 radical (unpaired) electrons. The van der Waals surface area contributed by atoms with Crippen molar-refractivity contribution >= 4 is 35.6 Å². The molecular formula is C36H53N3O6S. The molecule has 3 unspecified atom stereocenters. The lowest BCUT2D eigenvalue weighted by molar-refractivity contribution is -0.159. The summed E-state index contributed by atoms with van der Waals surface area (Å²) in [5.74, 6) is -0.864. The van der Waals surface area contributed by atoms with E-state index in [1.807, 2.05) is 74.7 Å². The number of alkyl carbamates (subject to hydrolysis) is 1. The first-order valence-electron chi connectivity index (χ1n) is 16.0. The molecule has 0 fully saturated rings. The summed E-state index contributed by atoms with van der Waals surface area (Å²) in [7, 11) is 0. The van der Waals surface area contributed by atoms with Gasteiger partial charge in [0.2, 0.25) is 11.8 Å². The first kappa shape index (κ1) is 38.7. The zero-order valence-corrected chi connectivity index (χ0v) is 29.8. The number of benzene rings is 2. The summed E-state index contributed by atoms with van der Waals surface area (Å²) in [5.41, 5.74) is 0.775. The van der Waals surface area contributed by atoms with E-state index >= 15 is 0 Å². The van der Waals surface area contributed by atoms with E-state index in [0.717, 1.165) is 17.5 Å². The molecule has 0 saturated carbocycles. The normalized spacial score (nSPS) is 13.6. The molecule has 2 aromatic carbocycles. The molecule has 2 rings (SSSR count). The molecule has 2 N–H and O–H groups in total. The van der Waals surface area contributed by atoms with Crippen molar-refractivity contribution in [3.63, 3.8) is 0 Å². The lowest BCUT2D eigenvalue weighted by Gasteiger charge is -2.36. The molecule has 0 aliphatic heterocycles. The van der Waals surface area contributed by atoms with Crippen LogP contribution in [0.3, 0.4) is 0 Å². The molecule has 2 aromatic rings. The Labute approximate surface area is 279 Å². The van der Waals surface area contributed by atoms with Crippen LogP contribution in [0.25, 0.3) is 0 Å². The van der Waals surface area contributed by atoms with Crippen molar-refractivity contribution in [2.45, 2.75) is 110 Å². The largest absolute Gasteiger partial charge is 0.458 e. The quantitative estimate of drug-likeness (QED) is 0.214. The number of thioether (sulfide) groups is 1. The van der Waals surface area contributed by atoms with Gasteiger partial charge in [0, 0.05) is 13.0 Å². The molecule has 0 aliphatic carbocycles. The molecule has 0 saturated heterocycles. The predicted molar refractivity (Wildman–Crippen MR) is 185 cm³/mol. The third-order valence-corrected chi connectivity index (χ3v) is 7.61. The van der Waals surface area contributed by atoms with Crippen molar-refractivity contribution in [1.29, 1.82) is 0 Å². The minimum absolute atomic E-state index is 0.210. The summed E-state index contributed by atoms with van der Waals surface area (Å²) in [5, 5.41) is 5.73. The molecule has 9 nitrogen and oxygen atoms in total. The average molecular weight is 656 g/mol. The number of ether oxygens (including phenoxy) is 2. The summed E-state index contributed by atoms with van der Waals surface area (Å²) in [6.45, 7) is 14.8. The highest BCUT2D eigenvalue weighted by Gasteiger charge is 2.38. The lowest BCUT2D eigenvalue weighted by Crippen LogP contribution is -2.55. The van der Waals surface area contributed by atoms with Gasteiger partial charge in [0.05, 0.1) is 0 Å². The van der Waals surface area contributed by atoms with Crippen molar-refractivity contribution in [1.82, 2.24) is 15.5 Å². The second-order valence-corrected chi connectivity index (χ2v) is 14.4. The summed E-state index contributed by atoms with van der Waals surface area (Å²) in [4.78, 5) is 56.8. The SMILES string of the molecule is CCCCN(C(=O)C(CCSC)NC(=O)OC(C)(C)C)C(C(=O)NC(Cc1ccccc1)C(=O)OC(C)(C)C)c1ccccc1C. The Bertz CT molecular complexity index is 1290. The highest BCUT2D eigenvalue weighted by molar-refractivity contribution is 7.98. The zero-order chi connectivity index (χ0) is 34.5. The van der Waals surface area contributed by atoms with Gasteiger partial charge < -0.3 is 25.0 Å². The van der Waals surface area contributed by atoms with Gasteiger partial charge in [0.1, 0.15) is 29.3 Å². The highest BCUT2D eigenvalue weighted by atomic mass is 32.2. The summed E-state index contributed by atoms with van der Waals surface area (Å²) < 4.78 is 11.2. The fraction of sp³-hybridized carbons (Fsp3) is 0.556. The van der Waals surface area contributed by atoms with Gasteiger partial charge >= 0.3 is 12.1 Å². The molecular weight excluding hydrogens is 602 g/mol. The number of carbonyl (C=O) groups is 4. The number of nitrogens with one attached hydrogen (secondary N) is 2. The number of unbranched alkanes of at least 4 members (excludes halogenated alkanes) is 1. The van der Waals surface area contributed by atoms with Crippen molar-refractivity contribution < 1.29 is 28.7 Å². The van der Waals surface area contributed by atoms with Gasteiger partial charge in [-0.15, -0.1) is 0 Å². The van der Waals surface area contributed by atoms with Crippen LogP contribution >= 0.6 is 11.8 Å². The van der Waals surface area contributed by atoms with Crippen LogP contribution in [0.15, 0.2) is 54.6 Å². The Kier molecular flexibility index (Phi) is 15.1. The number of amides is 3. The number of hydrogen-bond donors (Lipinski definition) is 2. The fourth-order valence-corrected chi connectivity index (χ4v) is 5.32. The number of carbonyl (C=O) groups excluding carboxylic acids is 4. The summed E-state index contributed by atoms with van der Waals surface area (Å²) in [6, 6.07) is 13.8. The second kappa shape index (κ2) is 18.0. The van der Waals surface area contributed by atoms with Gasteiger partial charge in [0.25, 0.3) is 0 Å². The number of rotatable bonds is 15. The van der Waals surface area contributed by atoms with Gasteiger partial charge in [-0.05, 0) is 90.0 Å². The highest BCUT2D eigenvalue weighted by Crippen LogP contribution is 2.27. The van der Waals surface area contributed by atoms with Crippen LogP contribution in [0.4, 0.5) is 4.79 Å². The number of nitrogens with zero attached hydrogens (tertiary/aromatic N) is 1. The Morgan fingerprint density at radius 2 is 1.46 bits per heavy atom. The van der Waals surface area contributed by atoms with E-state index in [9.17, 15) is 19.2 Å². The maximum atomic E-state index is 14.5. The van der Waals surface area contributed by atoms with Crippen LogP contribution in [-0.4, -0.2) is 70.6 Å². The van der Waals surface area contributed by atoms with E-state index in [1.54, 1.807) is 53.3 Å². The first-order valence-corrected chi connectivity index (χ1v) is 17.4. The number of esters is 1. The second-order valence-electron chi connectivity index (χ2n) is 13.4. The van der Waals surface area contributed by atoms with Gasteiger partial charge in [0.15, 0.2) is 0 Å². The van der Waals surface area contributed by atoms with Gasteiger partial charge in [-0.2, -0.15) is 11.8 Å². The fourth-order valence-electron chi connectivity index (χ4n) is 4.85. The zero-order valence-electron chi connectivity index (χ0n) is 29.0. The molecule has 0 bridgehead atoms. The van der Waals surface area contributed by atoms with Crippen LogP contribution in [0.5, 0.6) is 0 Å². The monoisotopic (exact) mass is 655 g/mol. The third kappa shape index (κ3) is 13.1. The van der Waals surface area contributed by atoms with E-state index in [4.69, 9.17) is 9.47 Å². The van der Waals surface area contributed by atoms with E-state index in [0.29, 0.717) is 24.2 Å². The molecule has 10 heteroatoms. The van der Waals surface area contributed by atoms with E-state index in [1.165, 1.54) is 4.90 Å². The van der Waals surface area contributed by atoms with Gasteiger partial charge in [-0.3, -0.25) is 9.59 Å².